The molecule has 0 aromatic carbocycles. The van der Waals surface area contributed by atoms with Crippen LogP contribution in [-0.2, 0) is 9.59 Å². The maximum Gasteiger partial charge on any atom is 0.168 e. The molecule has 0 aliphatic carbocycles. The van der Waals surface area contributed by atoms with Gasteiger partial charge in [-0.05, 0) is 17.7 Å². The van der Waals surface area contributed by atoms with Gasteiger partial charge in [0.2, 0.25) is 0 Å². The Kier molecular flexibility index (Phi) is 2.64. The normalized spacial score (nSPS) is 17.1. The zero-order chi connectivity index (χ0) is 11.4. The lowest BCUT2D eigenvalue weighted by Gasteiger charge is -2.22. The SMILES string of the molecule is O=CC1(C=O)C=CC(c2cccnc2)=CN1. The van der Waals surface area contributed by atoms with E-state index in [9.17, 15) is 9.59 Å². The largest absolute Gasteiger partial charge is 0.370 e. The fraction of sp³-hybridized carbons (Fsp3) is 0.0833. The quantitative estimate of drug-likeness (QED) is 0.595. The van der Waals surface area contributed by atoms with Crippen molar-refractivity contribution in [2.45, 2.75) is 5.54 Å². The number of aromatic nitrogens is 1. The van der Waals surface area contributed by atoms with Crippen LogP contribution in [0.25, 0.3) is 5.57 Å². The molecule has 0 radical (unpaired) electrons. The van der Waals surface area contributed by atoms with Crippen molar-refractivity contribution in [1.82, 2.24) is 10.3 Å². The number of nitrogens with zero attached hydrogens (tertiary/aromatic N) is 1. The number of dihydropyridines is 1. The van der Waals surface area contributed by atoms with Crippen LogP contribution in [0.4, 0.5) is 0 Å². The minimum atomic E-state index is -1.22. The summed E-state index contributed by atoms with van der Waals surface area (Å²) in [6, 6.07) is 3.73. The number of carbonyl (C=O) groups is 2. The van der Waals surface area contributed by atoms with Crippen molar-refractivity contribution >= 4 is 18.1 Å². The molecule has 0 atom stereocenters. The van der Waals surface area contributed by atoms with E-state index in [0.717, 1.165) is 11.1 Å². The van der Waals surface area contributed by atoms with E-state index in [1.807, 2.05) is 12.1 Å². The molecule has 0 bridgehead atoms. The molecule has 1 aromatic heterocycles. The number of rotatable bonds is 3. The standard InChI is InChI=1S/C12H10N2O2/c15-8-12(9-16)4-3-11(7-14-12)10-2-1-5-13-6-10/h1-9,14H. The van der Waals surface area contributed by atoms with Crippen LogP contribution in [0.1, 0.15) is 5.56 Å². The lowest BCUT2D eigenvalue weighted by molar-refractivity contribution is -0.119. The van der Waals surface area contributed by atoms with Gasteiger partial charge in [-0.25, -0.2) is 0 Å². The van der Waals surface area contributed by atoms with Crippen molar-refractivity contribution in [3.05, 3.63) is 48.4 Å². The second-order valence-electron chi connectivity index (χ2n) is 3.49. The van der Waals surface area contributed by atoms with Crippen molar-refractivity contribution in [2.24, 2.45) is 0 Å². The number of allylic oxidation sites excluding steroid dienone is 2. The molecule has 0 saturated heterocycles. The van der Waals surface area contributed by atoms with Gasteiger partial charge >= 0.3 is 0 Å². The molecule has 0 fully saturated rings. The van der Waals surface area contributed by atoms with Gasteiger partial charge in [0.25, 0.3) is 0 Å². The third-order valence-electron chi connectivity index (χ3n) is 2.40. The Labute approximate surface area is 92.7 Å². The van der Waals surface area contributed by atoms with E-state index < -0.39 is 5.54 Å². The highest BCUT2D eigenvalue weighted by Gasteiger charge is 2.26. The second-order valence-corrected chi connectivity index (χ2v) is 3.49. The van der Waals surface area contributed by atoms with Crippen LogP contribution in [0.3, 0.4) is 0 Å². The minimum absolute atomic E-state index is 0.576. The maximum atomic E-state index is 10.8. The Morgan fingerprint density at radius 1 is 1.31 bits per heavy atom. The topological polar surface area (TPSA) is 59.1 Å². The van der Waals surface area contributed by atoms with Crippen LogP contribution in [0.2, 0.25) is 0 Å². The highest BCUT2D eigenvalue weighted by atomic mass is 16.1. The van der Waals surface area contributed by atoms with Gasteiger partial charge in [-0.2, -0.15) is 0 Å². The first-order valence-electron chi connectivity index (χ1n) is 4.80. The molecule has 1 aromatic rings. The number of carbonyl (C=O) groups excluding carboxylic acids is 2. The zero-order valence-electron chi connectivity index (χ0n) is 8.46. The van der Waals surface area contributed by atoms with Crippen LogP contribution in [-0.4, -0.2) is 23.1 Å². The van der Waals surface area contributed by atoms with E-state index in [4.69, 9.17) is 0 Å². The van der Waals surface area contributed by atoms with E-state index in [1.54, 1.807) is 24.7 Å². The van der Waals surface area contributed by atoms with Crippen molar-refractivity contribution in [1.29, 1.82) is 0 Å². The summed E-state index contributed by atoms with van der Waals surface area (Å²) >= 11 is 0. The predicted octanol–water partition coefficient (Wildman–Crippen LogP) is 0.718. The van der Waals surface area contributed by atoms with E-state index in [1.165, 1.54) is 6.08 Å². The van der Waals surface area contributed by atoms with Gasteiger partial charge in [-0.1, -0.05) is 12.1 Å². The first kappa shape index (κ1) is 10.3. The van der Waals surface area contributed by atoms with Crippen LogP contribution in [0.5, 0.6) is 0 Å². The fourth-order valence-corrected chi connectivity index (χ4v) is 1.41. The second kappa shape index (κ2) is 4.10. The highest BCUT2D eigenvalue weighted by Crippen LogP contribution is 2.19. The summed E-state index contributed by atoms with van der Waals surface area (Å²) in [6.07, 6.45) is 9.46. The number of hydrogen-bond donors (Lipinski definition) is 1. The van der Waals surface area contributed by atoms with E-state index >= 15 is 0 Å². The third kappa shape index (κ3) is 1.77. The predicted molar refractivity (Wildman–Crippen MR) is 59.3 cm³/mol. The fourth-order valence-electron chi connectivity index (χ4n) is 1.41. The molecule has 1 aliphatic rings. The molecule has 4 heteroatoms. The lowest BCUT2D eigenvalue weighted by atomic mass is 9.96. The first-order chi connectivity index (χ1) is 7.79. The van der Waals surface area contributed by atoms with Crippen LogP contribution in [0, 0.1) is 0 Å². The van der Waals surface area contributed by atoms with Crippen LogP contribution >= 0.6 is 0 Å². The summed E-state index contributed by atoms with van der Waals surface area (Å²) in [5.41, 5.74) is 0.593. The van der Waals surface area contributed by atoms with E-state index in [0.29, 0.717) is 12.6 Å². The lowest BCUT2D eigenvalue weighted by Crippen LogP contribution is -2.45. The van der Waals surface area contributed by atoms with Crippen molar-refractivity contribution in [2.75, 3.05) is 0 Å². The smallest absolute Gasteiger partial charge is 0.168 e. The summed E-state index contributed by atoms with van der Waals surface area (Å²) in [5.74, 6) is 0. The van der Waals surface area contributed by atoms with Crippen LogP contribution < -0.4 is 5.32 Å². The van der Waals surface area contributed by atoms with Gasteiger partial charge in [0.15, 0.2) is 18.1 Å². The zero-order valence-corrected chi connectivity index (χ0v) is 8.46. The van der Waals surface area contributed by atoms with Crippen LogP contribution in [0.15, 0.2) is 42.9 Å². The van der Waals surface area contributed by atoms with Gasteiger partial charge < -0.3 is 5.32 Å². The first-order valence-corrected chi connectivity index (χ1v) is 4.80. The van der Waals surface area contributed by atoms with Gasteiger partial charge in [0.1, 0.15) is 0 Å². The Bertz CT molecular complexity index is 455. The Morgan fingerprint density at radius 3 is 2.62 bits per heavy atom. The molecule has 0 unspecified atom stereocenters. The summed E-state index contributed by atoms with van der Waals surface area (Å²) in [4.78, 5) is 25.5. The Balaban J connectivity index is 2.26. The van der Waals surface area contributed by atoms with Gasteiger partial charge in [-0.3, -0.25) is 14.6 Å². The average molecular weight is 214 g/mol. The number of nitrogens with one attached hydrogen (secondary N) is 1. The summed E-state index contributed by atoms with van der Waals surface area (Å²) in [7, 11) is 0. The Hall–Kier alpha value is -2.23. The van der Waals surface area contributed by atoms with Crippen molar-refractivity contribution in [3.63, 3.8) is 0 Å². The molecule has 2 rings (SSSR count). The maximum absolute atomic E-state index is 10.8. The molecule has 2 heterocycles. The molecule has 0 saturated carbocycles. The summed E-state index contributed by atoms with van der Waals surface area (Å²) < 4.78 is 0. The molecule has 16 heavy (non-hydrogen) atoms. The Morgan fingerprint density at radius 2 is 2.12 bits per heavy atom. The van der Waals surface area contributed by atoms with Crippen molar-refractivity contribution < 1.29 is 9.59 Å². The highest BCUT2D eigenvalue weighted by molar-refractivity contribution is 5.95. The van der Waals surface area contributed by atoms with Gasteiger partial charge in [0.05, 0.1) is 0 Å². The van der Waals surface area contributed by atoms with Crippen molar-refractivity contribution in [3.8, 4) is 0 Å². The molecule has 1 aliphatic heterocycles. The molecule has 80 valence electrons. The minimum Gasteiger partial charge on any atom is -0.370 e. The molecule has 0 spiro atoms. The molecule has 4 nitrogen and oxygen atoms in total. The van der Waals surface area contributed by atoms with E-state index in [2.05, 4.69) is 10.3 Å². The number of pyridine rings is 1. The third-order valence-corrected chi connectivity index (χ3v) is 2.40. The average Bonchev–Trinajstić information content (AvgIpc) is 2.40. The van der Waals surface area contributed by atoms with Gasteiger partial charge in [-0.15, -0.1) is 0 Å². The van der Waals surface area contributed by atoms with Gasteiger partial charge in [0, 0.05) is 24.2 Å². The molecular formula is C12H10N2O2. The summed E-state index contributed by atoms with van der Waals surface area (Å²) in [5, 5.41) is 2.77. The number of hydrogen-bond acceptors (Lipinski definition) is 4. The molecular weight excluding hydrogens is 204 g/mol. The monoisotopic (exact) mass is 214 g/mol. The molecule has 1 N–H and O–H groups in total. The summed E-state index contributed by atoms with van der Waals surface area (Å²) in [6.45, 7) is 0. The van der Waals surface area contributed by atoms with E-state index in [-0.39, 0.29) is 0 Å². The molecule has 0 amide bonds. The number of aldehydes is 2.